The highest BCUT2D eigenvalue weighted by Crippen LogP contribution is 2.35. The van der Waals surface area contributed by atoms with Gasteiger partial charge in [0.2, 0.25) is 0 Å². The zero-order valence-corrected chi connectivity index (χ0v) is 14.5. The molecule has 2 aromatic rings. The normalized spacial score (nSPS) is 15.9. The van der Waals surface area contributed by atoms with Crippen molar-refractivity contribution in [1.82, 2.24) is 0 Å². The van der Waals surface area contributed by atoms with Crippen LogP contribution in [0.1, 0.15) is 26.3 Å². The third-order valence-corrected chi connectivity index (χ3v) is 5.25. The first kappa shape index (κ1) is 16.5. The Morgan fingerprint density at radius 1 is 1.08 bits per heavy atom. The largest absolute Gasteiger partial charge is 0.376 e. The van der Waals surface area contributed by atoms with E-state index in [2.05, 4.69) is 30.0 Å². The zero-order chi connectivity index (χ0) is 17.5. The lowest BCUT2D eigenvalue weighted by molar-refractivity contribution is 0.599. The monoisotopic (exact) mass is 346 g/mol. The highest BCUT2D eigenvalue weighted by molar-refractivity contribution is 7.92. The molecule has 126 valence electrons. The van der Waals surface area contributed by atoms with E-state index in [1.165, 1.54) is 12.1 Å². The van der Waals surface area contributed by atoms with Crippen LogP contribution in [-0.2, 0) is 10.0 Å². The van der Waals surface area contributed by atoms with Crippen LogP contribution < -0.4 is 10.0 Å². The minimum absolute atomic E-state index is 0.0214. The summed E-state index contributed by atoms with van der Waals surface area (Å²) in [5.41, 5.74) is 3.31. The molecule has 0 amide bonds. The van der Waals surface area contributed by atoms with Crippen LogP contribution in [0.25, 0.3) is 5.57 Å². The average molecular weight is 346 g/mol. The molecule has 1 aliphatic rings. The highest BCUT2D eigenvalue weighted by atomic mass is 32.2. The minimum atomic E-state index is -3.75. The van der Waals surface area contributed by atoms with E-state index in [0.29, 0.717) is 5.69 Å². The number of rotatable bonds is 3. The Labute approximate surface area is 141 Å². The van der Waals surface area contributed by atoms with Crippen molar-refractivity contribution in [3.8, 4) is 0 Å². The summed E-state index contributed by atoms with van der Waals surface area (Å²) in [7, 11) is -3.75. The van der Waals surface area contributed by atoms with E-state index in [4.69, 9.17) is 0 Å². The molecule has 24 heavy (non-hydrogen) atoms. The molecule has 0 spiro atoms. The van der Waals surface area contributed by atoms with E-state index in [9.17, 15) is 12.8 Å². The molecule has 0 aliphatic carbocycles. The molecule has 1 aliphatic heterocycles. The molecule has 4 nitrogen and oxygen atoms in total. The number of sulfonamides is 1. The first-order valence-corrected chi connectivity index (χ1v) is 9.05. The number of anilines is 2. The molecule has 2 N–H and O–H groups in total. The van der Waals surface area contributed by atoms with Gasteiger partial charge in [0, 0.05) is 16.9 Å². The second-order valence-corrected chi connectivity index (χ2v) is 8.18. The van der Waals surface area contributed by atoms with E-state index in [1.54, 1.807) is 12.1 Å². The van der Waals surface area contributed by atoms with E-state index in [-0.39, 0.29) is 10.4 Å². The van der Waals surface area contributed by atoms with Crippen LogP contribution in [0.2, 0.25) is 0 Å². The molecular formula is C18H19FN2O2S. The Morgan fingerprint density at radius 2 is 1.75 bits per heavy atom. The quantitative estimate of drug-likeness (QED) is 0.874. The third kappa shape index (κ3) is 3.28. The van der Waals surface area contributed by atoms with Gasteiger partial charge in [-0.15, -0.1) is 0 Å². The van der Waals surface area contributed by atoms with Crippen molar-refractivity contribution >= 4 is 27.0 Å². The molecule has 6 heteroatoms. The zero-order valence-electron chi connectivity index (χ0n) is 13.7. The van der Waals surface area contributed by atoms with Crippen LogP contribution in [0.15, 0.2) is 53.4 Å². The van der Waals surface area contributed by atoms with Gasteiger partial charge in [-0.2, -0.15) is 0 Å². The predicted octanol–water partition coefficient (Wildman–Crippen LogP) is 4.23. The predicted molar refractivity (Wildman–Crippen MR) is 95.0 cm³/mol. The lowest BCUT2D eigenvalue weighted by Crippen LogP contribution is -2.31. The first-order chi connectivity index (χ1) is 11.2. The minimum Gasteiger partial charge on any atom is -0.376 e. The smallest absolute Gasteiger partial charge is 0.261 e. The van der Waals surface area contributed by atoms with E-state index in [0.717, 1.165) is 29.0 Å². The topological polar surface area (TPSA) is 58.2 Å². The van der Waals surface area contributed by atoms with Gasteiger partial charge in [0.25, 0.3) is 10.0 Å². The number of benzene rings is 2. The fourth-order valence-electron chi connectivity index (χ4n) is 2.87. The van der Waals surface area contributed by atoms with Gasteiger partial charge in [-0.3, -0.25) is 4.72 Å². The summed E-state index contributed by atoms with van der Waals surface area (Å²) in [6.07, 6.45) is 2.10. The molecule has 0 unspecified atom stereocenters. The van der Waals surface area contributed by atoms with Crippen molar-refractivity contribution in [2.75, 3.05) is 10.0 Å². The van der Waals surface area contributed by atoms with Crippen LogP contribution in [0.4, 0.5) is 15.8 Å². The standard InChI is InChI=1S/C18H19FN2O2S/c1-12-11-18(2,3)20-17-9-6-14(10-16(12)17)21-24(22,23)15-7-4-13(19)5-8-15/h4-11,20-21H,1-3H3. The van der Waals surface area contributed by atoms with Gasteiger partial charge in [-0.25, -0.2) is 12.8 Å². The Hall–Kier alpha value is -2.34. The SMILES string of the molecule is CC1=CC(C)(C)Nc2ccc(NS(=O)(=O)c3ccc(F)cc3)cc21. The van der Waals surface area contributed by atoms with Gasteiger partial charge in [0.1, 0.15) is 5.82 Å². The van der Waals surface area contributed by atoms with Crippen LogP contribution >= 0.6 is 0 Å². The Morgan fingerprint density at radius 3 is 2.42 bits per heavy atom. The Balaban J connectivity index is 1.92. The molecule has 0 bridgehead atoms. The summed E-state index contributed by atoms with van der Waals surface area (Å²) in [5.74, 6) is -0.475. The lowest BCUT2D eigenvalue weighted by Gasteiger charge is -2.31. The van der Waals surface area contributed by atoms with Crippen molar-refractivity contribution in [3.05, 3.63) is 59.9 Å². The van der Waals surface area contributed by atoms with Gasteiger partial charge in [-0.1, -0.05) is 6.08 Å². The Kier molecular flexibility index (Phi) is 3.87. The highest BCUT2D eigenvalue weighted by Gasteiger charge is 2.23. The van der Waals surface area contributed by atoms with Crippen molar-refractivity contribution < 1.29 is 12.8 Å². The molecule has 0 saturated heterocycles. The van der Waals surface area contributed by atoms with Gasteiger partial charge in [0.15, 0.2) is 0 Å². The molecule has 0 fully saturated rings. The number of hydrogen-bond acceptors (Lipinski definition) is 3. The number of fused-ring (bicyclic) bond motifs is 1. The van der Waals surface area contributed by atoms with Gasteiger partial charge in [0.05, 0.1) is 10.4 Å². The Bertz CT molecular complexity index is 917. The van der Waals surface area contributed by atoms with Crippen LogP contribution in [0, 0.1) is 5.82 Å². The lowest BCUT2D eigenvalue weighted by atomic mass is 9.91. The van der Waals surface area contributed by atoms with Gasteiger partial charge in [-0.05, 0) is 68.8 Å². The van der Waals surface area contributed by atoms with Crippen LogP contribution in [0.5, 0.6) is 0 Å². The number of nitrogens with one attached hydrogen (secondary N) is 2. The van der Waals surface area contributed by atoms with Crippen LogP contribution in [-0.4, -0.2) is 14.0 Å². The summed E-state index contributed by atoms with van der Waals surface area (Å²) in [6, 6.07) is 10.1. The maximum absolute atomic E-state index is 13.0. The van der Waals surface area contributed by atoms with Gasteiger partial charge < -0.3 is 5.32 Å². The van der Waals surface area contributed by atoms with Crippen LogP contribution in [0.3, 0.4) is 0 Å². The second-order valence-electron chi connectivity index (χ2n) is 6.49. The number of hydrogen-bond donors (Lipinski definition) is 2. The molecular weight excluding hydrogens is 327 g/mol. The maximum Gasteiger partial charge on any atom is 0.261 e. The molecule has 1 heterocycles. The van der Waals surface area contributed by atoms with Crippen molar-refractivity contribution in [2.45, 2.75) is 31.2 Å². The molecule has 0 atom stereocenters. The molecule has 2 aromatic carbocycles. The number of halogens is 1. The molecule has 0 saturated carbocycles. The molecule has 0 aromatic heterocycles. The van der Waals surface area contributed by atoms with Crippen molar-refractivity contribution in [2.24, 2.45) is 0 Å². The fraction of sp³-hybridized carbons (Fsp3) is 0.222. The molecule has 0 radical (unpaired) electrons. The summed E-state index contributed by atoms with van der Waals surface area (Å²) in [6.45, 7) is 6.15. The fourth-order valence-corrected chi connectivity index (χ4v) is 3.92. The summed E-state index contributed by atoms with van der Waals surface area (Å²) in [4.78, 5) is 0.0214. The van der Waals surface area contributed by atoms with Crippen molar-refractivity contribution in [1.29, 1.82) is 0 Å². The third-order valence-electron chi connectivity index (χ3n) is 3.85. The van der Waals surface area contributed by atoms with E-state index >= 15 is 0 Å². The van der Waals surface area contributed by atoms with Crippen molar-refractivity contribution in [3.63, 3.8) is 0 Å². The van der Waals surface area contributed by atoms with E-state index in [1.807, 2.05) is 13.0 Å². The van der Waals surface area contributed by atoms with Gasteiger partial charge >= 0.3 is 0 Å². The summed E-state index contributed by atoms with van der Waals surface area (Å²) >= 11 is 0. The summed E-state index contributed by atoms with van der Waals surface area (Å²) < 4.78 is 40.3. The molecule has 3 rings (SSSR count). The average Bonchev–Trinajstić information content (AvgIpc) is 2.47. The maximum atomic E-state index is 13.0. The van der Waals surface area contributed by atoms with E-state index < -0.39 is 15.8 Å². The second kappa shape index (κ2) is 5.63. The summed E-state index contributed by atoms with van der Waals surface area (Å²) in [5, 5.41) is 3.40. The number of allylic oxidation sites excluding steroid dienone is 1. The first-order valence-electron chi connectivity index (χ1n) is 7.57.